The van der Waals surface area contributed by atoms with Crippen LogP contribution in [-0.2, 0) is 6.54 Å². The molecular weight excluding hydrogens is 290 g/mol. The molecule has 0 bridgehead atoms. The summed E-state index contributed by atoms with van der Waals surface area (Å²) in [5, 5.41) is 7.52. The molecule has 1 aromatic carbocycles. The fraction of sp³-hybridized carbons (Fsp3) is 0.529. The van der Waals surface area contributed by atoms with Crippen LogP contribution in [0.1, 0.15) is 12.3 Å². The molecule has 1 atom stereocenters. The van der Waals surface area contributed by atoms with Crippen LogP contribution < -0.4 is 5.32 Å². The Morgan fingerprint density at radius 3 is 2.78 bits per heavy atom. The van der Waals surface area contributed by atoms with Gasteiger partial charge in [0.05, 0.1) is 6.54 Å². The van der Waals surface area contributed by atoms with E-state index in [0.29, 0.717) is 17.8 Å². The molecule has 6 nitrogen and oxygen atoms in total. The summed E-state index contributed by atoms with van der Waals surface area (Å²) < 4.78 is 5.44. The Bertz CT molecular complexity index is 623. The van der Waals surface area contributed by atoms with Crippen molar-refractivity contribution >= 4 is 0 Å². The molecule has 1 N–H and O–H groups in total. The van der Waals surface area contributed by atoms with Gasteiger partial charge in [0.15, 0.2) is 0 Å². The van der Waals surface area contributed by atoms with Gasteiger partial charge in [0, 0.05) is 50.9 Å². The Hall–Kier alpha value is -1.76. The Balaban J connectivity index is 1.35. The zero-order valence-corrected chi connectivity index (χ0v) is 13.3. The van der Waals surface area contributed by atoms with E-state index in [1.165, 1.54) is 6.42 Å². The van der Waals surface area contributed by atoms with Gasteiger partial charge in [-0.15, -0.1) is 0 Å². The monoisotopic (exact) mass is 313 g/mol. The summed E-state index contributed by atoms with van der Waals surface area (Å²) in [6, 6.07) is 10.7. The minimum atomic E-state index is 0.675. The minimum Gasteiger partial charge on any atom is -0.338 e. The molecule has 122 valence electrons. The van der Waals surface area contributed by atoms with E-state index in [1.807, 2.05) is 30.3 Å². The van der Waals surface area contributed by atoms with Crippen molar-refractivity contribution < 1.29 is 4.52 Å². The highest BCUT2D eigenvalue weighted by Crippen LogP contribution is 2.20. The van der Waals surface area contributed by atoms with Crippen molar-refractivity contribution in [2.45, 2.75) is 19.0 Å². The summed E-state index contributed by atoms with van der Waals surface area (Å²) in [7, 11) is 0. The molecular formula is C17H23N5O. The molecule has 1 unspecified atom stereocenters. The Kier molecular flexibility index (Phi) is 4.37. The van der Waals surface area contributed by atoms with Crippen LogP contribution in [0.15, 0.2) is 34.9 Å². The van der Waals surface area contributed by atoms with Crippen LogP contribution in [0.3, 0.4) is 0 Å². The van der Waals surface area contributed by atoms with Crippen LogP contribution in [0.25, 0.3) is 11.4 Å². The van der Waals surface area contributed by atoms with Gasteiger partial charge in [0.2, 0.25) is 11.7 Å². The number of aromatic nitrogens is 2. The third-order valence-electron chi connectivity index (χ3n) is 4.77. The van der Waals surface area contributed by atoms with Gasteiger partial charge in [-0.05, 0) is 6.42 Å². The summed E-state index contributed by atoms with van der Waals surface area (Å²) in [6.45, 7) is 7.51. The minimum absolute atomic E-state index is 0.675. The second-order valence-electron chi connectivity index (χ2n) is 6.34. The molecule has 2 aliphatic heterocycles. The Morgan fingerprint density at radius 1 is 1.13 bits per heavy atom. The van der Waals surface area contributed by atoms with Gasteiger partial charge in [-0.1, -0.05) is 35.5 Å². The number of rotatable bonds is 4. The van der Waals surface area contributed by atoms with Gasteiger partial charge >= 0.3 is 0 Å². The lowest BCUT2D eigenvalue weighted by atomic mass is 10.2. The second-order valence-corrected chi connectivity index (χ2v) is 6.34. The normalized spacial score (nSPS) is 23.4. The topological polar surface area (TPSA) is 57.4 Å². The number of piperazine rings is 1. The van der Waals surface area contributed by atoms with E-state index in [1.54, 1.807) is 0 Å². The largest absolute Gasteiger partial charge is 0.338 e. The molecule has 2 saturated heterocycles. The highest BCUT2D eigenvalue weighted by atomic mass is 16.5. The van der Waals surface area contributed by atoms with Gasteiger partial charge in [0.1, 0.15) is 0 Å². The summed E-state index contributed by atoms with van der Waals surface area (Å²) in [5.74, 6) is 1.39. The quantitative estimate of drug-likeness (QED) is 0.916. The molecule has 1 aromatic heterocycles. The molecule has 2 aromatic rings. The molecule has 4 rings (SSSR count). The first-order valence-electron chi connectivity index (χ1n) is 8.43. The van der Waals surface area contributed by atoms with Crippen molar-refractivity contribution in [3.63, 3.8) is 0 Å². The van der Waals surface area contributed by atoms with Gasteiger partial charge in [-0.2, -0.15) is 4.98 Å². The van der Waals surface area contributed by atoms with Crippen LogP contribution in [0.5, 0.6) is 0 Å². The molecule has 0 saturated carbocycles. The van der Waals surface area contributed by atoms with Gasteiger partial charge in [-0.25, -0.2) is 0 Å². The first-order chi connectivity index (χ1) is 11.4. The molecule has 0 radical (unpaired) electrons. The van der Waals surface area contributed by atoms with Crippen LogP contribution in [-0.4, -0.2) is 65.3 Å². The summed E-state index contributed by atoms with van der Waals surface area (Å²) in [5.41, 5.74) is 1.00. The fourth-order valence-corrected chi connectivity index (χ4v) is 3.52. The first kappa shape index (κ1) is 14.8. The lowest BCUT2D eigenvalue weighted by Gasteiger charge is -2.32. The molecule has 0 spiro atoms. The number of nitrogens with zero attached hydrogens (tertiary/aromatic N) is 4. The lowest BCUT2D eigenvalue weighted by Crippen LogP contribution is -2.49. The van der Waals surface area contributed by atoms with E-state index < -0.39 is 0 Å². The molecule has 0 amide bonds. The first-order valence-corrected chi connectivity index (χ1v) is 8.43. The molecule has 2 aliphatic rings. The predicted molar refractivity (Wildman–Crippen MR) is 87.9 cm³/mol. The fourth-order valence-electron chi connectivity index (χ4n) is 3.52. The average Bonchev–Trinajstić information content (AvgIpc) is 3.27. The zero-order valence-electron chi connectivity index (χ0n) is 13.3. The van der Waals surface area contributed by atoms with E-state index in [2.05, 4.69) is 25.3 Å². The summed E-state index contributed by atoms with van der Waals surface area (Å²) in [4.78, 5) is 9.57. The highest BCUT2D eigenvalue weighted by Gasteiger charge is 2.29. The molecule has 2 fully saturated rings. The molecule has 3 heterocycles. The average molecular weight is 313 g/mol. The number of benzene rings is 1. The van der Waals surface area contributed by atoms with E-state index in [-0.39, 0.29) is 0 Å². The van der Waals surface area contributed by atoms with Crippen LogP contribution in [0.2, 0.25) is 0 Å². The second kappa shape index (κ2) is 6.78. The number of nitrogens with one attached hydrogen (secondary N) is 1. The van der Waals surface area contributed by atoms with Crippen molar-refractivity contribution in [2.24, 2.45) is 0 Å². The molecule has 0 aliphatic carbocycles. The van der Waals surface area contributed by atoms with E-state index in [9.17, 15) is 0 Å². The maximum atomic E-state index is 5.44. The highest BCUT2D eigenvalue weighted by molar-refractivity contribution is 5.53. The summed E-state index contributed by atoms with van der Waals surface area (Å²) in [6.07, 6.45) is 1.24. The SMILES string of the molecule is c1ccc(-c2noc(CN3CCC(N4CCNCC4)C3)n2)cc1. The van der Waals surface area contributed by atoms with Crippen molar-refractivity contribution in [1.82, 2.24) is 25.3 Å². The molecule has 23 heavy (non-hydrogen) atoms. The van der Waals surface area contributed by atoms with E-state index in [4.69, 9.17) is 4.52 Å². The maximum Gasteiger partial charge on any atom is 0.241 e. The van der Waals surface area contributed by atoms with Crippen molar-refractivity contribution in [1.29, 1.82) is 0 Å². The number of likely N-dealkylation sites (tertiary alicyclic amines) is 1. The molecule has 6 heteroatoms. The van der Waals surface area contributed by atoms with Gasteiger partial charge in [-0.3, -0.25) is 9.80 Å². The van der Waals surface area contributed by atoms with Crippen molar-refractivity contribution in [3.05, 3.63) is 36.2 Å². The van der Waals surface area contributed by atoms with Crippen LogP contribution >= 0.6 is 0 Å². The van der Waals surface area contributed by atoms with Crippen molar-refractivity contribution in [3.8, 4) is 11.4 Å². The van der Waals surface area contributed by atoms with Crippen LogP contribution in [0, 0.1) is 0 Å². The standard InChI is InChI=1S/C17H23N5O/c1-2-4-14(5-3-1)17-19-16(23-20-17)13-21-9-6-15(12-21)22-10-7-18-8-11-22/h1-5,15,18H,6-13H2. The predicted octanol–water partition coefficient (Wildman–Crippen LogP) is 1.22. The summed E-state index contributed by atoms with van der Waals surface area (Å²) >= 11 is 0. The van der Waals surface area contributed by atoms with E-state index >= 15 is 0 Å². The van der Waals surface area contributed by atoms with Crippen molar-refractivity contribution in [2.75, 3.05) is 39.3 Å². The van der Waals surface area contributed by atoms with Gasteiger partial charge < -0.3 is 9.84 Å². The Labute approximate surface area is 136 Å². The van der Waals surface area contributed by atoms with E-state index in [0.717, 1.165) is 51.4 Å². The lowest BCUT2D eigenvalue weighted by molar-refractivity contribution is 0.167. The Morgan fingerprint density at radius 2 is 1.96 bits per heavy atom. The zero-order chi connectivity index (χ0) is 15.5. The third kappa shape index (κ3) is 3.44. The smallest absolute Gasteiger partial charge is 0.241 e. The van der Waals surface area contributed by atoms with Crippen LogP contribution in [0.4, 0.5) is 0 Å². The number of hydrogen-bond donors (Lipinski definition) is 1. The van der Waals surface area contributed by atoms with Gasteiger partial charge in [0.25, 0.3) is 0 Å². The maximum absolute atomic E-state index is 5.44. The number of hydrogen-bond acceptors (Lipinski definition) is 6. The third-order valence-corrected chi connectivity index (χ3v) is 4.77.